The van der Waals surface area contributed by atoms with Gasteiger partial charge in [0.05, 0.1) is 13.2 Å². The van der Waals surface area contributed by atoms with E-state index in [1.807, 2.05) is 19.9 Å². The second-order valence-corrected chi connectivity index (χ2v) is 5.68. The van der Waals surface area contributed by atoms with E-state index in [2.05, 4.69) is 25.8 Å². The largest absolute Gasteiger partial charge is 0.477 e. The smallest absolute Gasteiger partial charge is 0.219 e. The number of aliphatic hydroxyl groups excluding tert-OH is 1. The third kappa shape index (κ3) is 4.35. The van der Waals surface area contributed by atoms with E-state index in [-0.39, 0.29) is 12.0 Å². The van der Waals surface area contributed by atoms with Crippen molar-refractivity contribution in [3.63, 3.8) is 0 Å². The van der Waals surface area contributed by atoms with E-state index in [0.717, 1.165) is 23.2 Å². The number of hydrogen-bond acceptors (Lipinski definition) is 3. The zero-order valence-corrected chi connectivity index (χ0v) is 11.5. The Hall–Kier alpha value is -1.09. The summed E-state index contributed by atoms with van der Waals surface area (Å²) in [6, 6.07) is 1.96. The van der Waals surface area contributed by atoms with E-state index >= 15 is 0 Å². The summed E-state index contributed by atoms with van der Waals surface area (Å²) < 4.78 is 5.69. The van der Waals surface area contributed by atoms with Gasteiger partial charge in [0.25, 0.3) is 0 Å². The zero-order valence-electron chi connectivity index (χ0n) is 11.5. The summed E-state index contributed by atoms with van der Waals surface area (Å²) >= 11 is 0. The number of aliphatic hydroxyl groups is 1. The Morgan fingerprint density at radius 2 is 1.94 bits per heavy atom. The average molecular weight is 237 g/mol. The highest BCUT2D eigenvalue weighted by atomic mass is 16.5. The van der Waals surface area contributed by atoms with Gasteiger partial charge in [0, 0.05) is 11.3 Å². The van der Waals surface area contributed by atoms with Gasteiger partial charge in [-0.1, -0.05) is 20.8 Å². The van der Waals surface area contributed by atoms with Crippen molar-refractivity contribution in [2.45, 2.75) is 47.6 Å². The van der Waals surface area contributed by atoms with Crippen LogP contribution < -0.4 is 4.74 Å². The predicted molar refractivity (Wildman–Crippen MR) is 69.2 cm³/mol. The van der Waals surface area contributed by atoms with Gasteiger partial charge in [0.15, 0.2) is 0 Å². The van der Waals surface area contributed by atoms with Crippen molar-refractivity contribution in [2.75, 3.05) is 6.61 Å². The van der Waals surface area contributed by atoms with Gasteiger partial charge in [-0.15, -0.1) is 0 Å². The molecule has 3 nitrogen and oxygen atoms in total. The molecule has 0 bridgehead atoms. The van der Waals surface area contributed by atoms with Crippen LogP contribution in [0.3, 0.4) is 0 Å². The second kappa shape index (κ2) is 5.50. The molecule has 1 heterocycles. The first-order valence-corrected chi connectivity index (χ1v) is 6.04. The number of hydrogen-bond donors (Lipinski definition) is 1. The summed E-state index contributed by atoms with van der Waals surface area (Å²) in [4.78, 5) is 4.34. The summed E-state index contributed by atoms with van der Waals surface area (Å²) in [5.41, 5.74) is 3.00. The Balaban J connectivity index is 2.76. The van der Waals surface area contributed by atoms with Crippen molar-refractivity contribution in [3.05, 3.63) is 22.9 Å². The van der Waals surface area contributed by atoms with E-state index in [4.69, 9.17) is 4.74 Å². The highest BCUT2D eigenvalue weighted by molar-refractivity contribution is 5.35. The van der Waals surface area contributed by atoms with Gasteiger partial charge in [-0.05, 0) is 37.3 Å². The Morgan fingerprint density at radius 1 is 1.29 bits per heavy atom. The number of aryl methyl sites for hydroxylation is 2. The van der Waals surface area contributed by atoms with Crippen LogP contribution in [0.4, 0.5) is 0 Å². The Morgan fingerprint density at radius 3 is 2.47 bits per heavy atom. The standard InChI is InChI=1S/C14H23NO2/c1-10-8-11(2)15-13(12(10)9-16)17-7-6-14(3,4)5/h8,16H,6-7,9H2,1-5H3. The molecule has 0 spiro atoms. The molecule has 0 aliphatic rings. The number of nitrogens with zero attached hydrogens (tertiary/aromatic N) is 1. The van der Waals surface area contributed by atoms with E-state index in [9.17, 15) is 5.11 Å². The summed E-state index contributed by atoms with van der Waals surface area (Å²) in [6.45, 7) is 11.0. The average Bonchev–Trinajstić information content (AvgIpc) is 2.14. The lowest BCUT2D eigenvalue weighted by Gasteiger charge is -2.19. The molecule has 0 atom stereocenters. The SMILES string of the molecule is Cc1cc(C)c(CO)c(OCCC(C)(C)C)n1. The van der Waals surface area contributed by atoms with Crippen LogP contribution in [0.25, 0.3) is 0 Å². The predicted octanol–water partition coefficient (Wildman–Crippen LogP) is 3.01. The topological polar surface area (TPSA) is 42.4 Å². The van der Waals surface area contributed by atoms with Gasteiger partial charge in [0.2, 0.25) is 5.88 Å². The highest BCUT2D eigenvalue weighted by Gasteiger charge is 2.13. The molecule has 17 heavy (non-hydrogen) atoms. The third-order valence-corrected chi connectivity index (χ3v) is 2.69. The molecule has 1 aromatic rings. The Bertz CT molecular complexity index is 381. The lowest BCUT2D eigenvalue weighted by molar-refractivity contribution is 0.223. The molecule has 1 N–H and O–H groups in total. The fourth-order valence-electron chi connectivity index (χ4n) is 1.59. The lowest BCUT2D eigenvalue weighted by Crippen LogP contribution is -2.13. The molecule has 0 fully saturated rings. The molecule has 3 heteroatoms. The molecule has 0 aromatic carbocycles. The fraction of sp³-hybridized carbons (Fsp3) is 0.643. The minimum absolute atomic E-state index is 0.0238. The number of rotatable bonds is 4. The van der Waals surface area contributed by atoms with E-state index in [0.29, 0.717) is 12.5 Å². The molecular weight excluding hydrogens is 214 g/mol. The van der Waals surface area contributed by atoms with Crippen molar-refractivity contribution in [3.8, 4) is 5.88 Å². The molecule has 0 aliphatic carbocycles. The van der Waals surface area contributed by atoms with Crippen LogP contribution in [0, 0.1) is 19.3 Å². The van der Waals surface area contributed by atoms with Crippen LogP contribution in [-0.4, -0.2) is 16.7 Å². The molecule has 0 radical (unpaired) electrons. The summed E-state index contributed by atoms with van der Waals surface area (Å²) in [5.74, 6) is 0.578. The van der Waals surface area contributed by atoms with Crippen molar-refractivity contribution in [1.29, 1.82) is 0 Å². The van der Waals surface area contributed by atoms with Gasteiger partial charge in [-0.2, -0.15) is 0 Å². The van der Waals surface area contributed by atoms with Crippen molar-refractivity contribution < 1.29 is 9.84 Å². The zero-order chi connectivity index (χ0) is 13.1. The Kier molecular flexibility index (Phi) is 4.52. The first-order chi connectivity index (χ1) is 7.83. The molecule has 0 unspecified atom stereocenters. The van der Waals surface area contributed by atoms with Gasteiger partial charge in [-0.25, -0.2) is 4.98 Å². The maximum atomic E-state index is 9.33. The van der Waals surface area contributed by atoms with E-state index in [1.165, 1.54) is 0 Å². The maximum absolute atomic E-state index is 9.33. The van der Waals surface area contributed by atoms with Gasteiger partial charge >= 0.3 is 0 Å². The molecule has 1 aromatic heterocycles. The molecule has 96 valence electrons. The summed E-state index contributed by atoms with van der Waals surface area (Å²) in [6.07, 6.45) is 0.965. The van der Waals surface area contributed by atoms with Gasteiger partial charge in [0.1, 0.15) is 0 Å². The molecule has 0 amide bonds. The molecule has 0 aliphatic heterocycles. The van der Waals surface area contributed by atoms with E-state index < -0.39 is 0 Å². The number of ether oxygens (including phenoxy) is 1. The first kappa shape index (κ1) is 14.0. The maximum Gasteiger partial charge on any atom is 0.219 e. The molecule has 0 saturated heterocycles. The van der Waals surface area contributed by atoms with Crippen LogP contribution in [0.2, 0.25) is 0 Å². The van der Waals surface area contributed by atoms with Crippen LogP contribution in [0.15, 0.2) is 6.07 Å². The first-order valence-electron chi connectivity index (χ1n) is 6.04. The second-order valence-electron chi connectivity index (χ2n) is 5.68. The minimum atomic E-state index is -0.0238. The number of pyridine rings is 1. The lowest BCUT2D eigenvalue weighted by atomic mass is 9.93. The van der Waals surface area contributed by atoms with Crippen LogP contribution in [-0.2, 0) is 6.61 Å². The quantitative estimate of drug-likeness (QED) is 0.875. The van der Waals surface area contributed by atoms with Crippen LogP contribution >= 0.6 is 0 Å². The molecule has 0 saturated carbocycles. The highest BCUT2D eigenvalue weighted by Crippen LogP contribution is 2.23. The van der Waals surface area contributed by atoms with Gasteiger partial charge in [-0.3, -0.25) is 0 Å². The van der Waals surface area contributed by atoms with Crippen molar-refractivity contribution >= 4 is 0 Å². The van der Waals surface area contributed by atoms with Crippen molar-refractivity contribution in [2.24, 2.45) is 5.41 Å². The van der Waals surface area contributed by atoms with Crippen LogP contribution in [0.1, 0.15) is 44.0 Å². The fourth-order valence-corrected chi connectivity index (χ4v) is 1.59. The van der Waals surface area contributed by atoms with Crippen molar-refractivity contribution in [1.82, 2.24) is 4.98 Å². The number of aromatic nitrogens is 1. The molecular formula is C14H23NO2. The monoisotopic (exact) mass is 237 g/mol. The Labute approximate surface area is 104 Å². The molecule has 1 rings (SSSR count). The van der Waals surface area contributed by atoms with E-state index in [1.54, 1.807) is 0 Å². The summed E-state index contributed by atoms with van der Waals surface area (Å²) in [7, 11) is 0. The third-order valence-electron chi connectivity index (χ3n) is 2.69. The van der Waals surface area contributed by atoms with Gasteiger partial charge < -0.3 is 9.84 Å². The van der Waals surface area contributed by atoms with Crippen LogP contribution in [0.5, 0.6) is 5.88 Å². The minimum Gasteiger partial charge on any atom is -0.477 e. The normalized spacial score (nSPS) is 11.6. The summed E-state index contributed by atoms with van der Waals surface area (Å²) in [5, 5.41) is 9.33.